The minimum Gasteiger partial charge on any atom is -0.451 e. The van der Waals surface area contributed by atoms with Crippen LogP contribution >= 0.6 is 0 Å². The average molecular weight is 308 g/mol. The van der Waals surface area contributed by atoms with Gasteiger partial charge >= 0.3 is 5.97 Å². The molecule has 0 unspecified atom stereocenters. The Hall–Kier alpha value is -2.51. The SMILES string of the molecule is CCCNC(=O)[C@H](C)NC(=O)COC(=O)c1cnc(C)cn1. The number of hydrogen-bond donors (Lipinski definition) is 2. The van der Waals surface area contributed by atoms with Crippen LogP contribution in [-0.4, -0.2) is 46.9 Å². The number of amides is 2. The molecule has 2 amide bonds. The van der Waals surface area contributed by atoms with E-state index in [9.17, 15) is 14.4 Å². The average Bonchev–Trinajstić information content (AvgIpc) is 2.50. The Balaban J connectivity index is 2.37. The molecule has 0 aliphatic heterocycles. The van der Waals surface area contributed by atoms with E-state index in [0.29, 0.717) is 12.2 Å². The van der Waals surface area contributed by atoms with Crippen LogP contribution in [0.2, 0.25) is 0 Å². The van der Waals surface area contributed by atoms with Crippen LogP contribution in [0.4, 0.5) is 0 Å². The summed E-state index contributed by atoms with van der Waals surface area (Å²) in [5.74, 6) is -1.59. The summed E-state index contributed by atoms with van der Waals surface area (Å²) in [6, 6.07) is -0.697. The van der Waals surface area contributed by atoms with E-state index in [0.717, 1.165) is 6.42 Å². The molecule has 8 nitrogen and oxygen atoms in total. The molecule has 0 bridgehead atoms. The fraction of sp³-hybridized carbons (Fsp3) is 0.500. The van der Waals surface area contributed by atoms with E-state index in [1.165, 1.54) is 12.4 Å². The highest BCUT2D eigenvalue weighted by atomic mass is 16.5. The van der Waals surface area contributed by atoms with Crippen molar-refractivity contribution in [3.05, 3.63) is 23.8 Å². The van der Waals surface area contributed by atoms with Gasteiger partial charge < -0.3 is 15.4 Å². The topological polar surface area (TPSA) is 110 Å². The summed E-state index contributed by atoms with van der Waals surface area (Å²) in [5, 5.41) is 5.09. The smallest absolute Gasteiger partial charge is 0.359 e. The zero-order valence-electron chi connectivity index (χ0n) is 12.9. The van der Waals surface area contributed by atoms with Gasteiger partial charge in [0.2, 0.25) is 5.91 Å². The first-order valence-electron chi connectivity index (χ1n) is 6.97. The van der Waals surface area contributed by atoms with E-state index in [4.69, 9.17) is 4.74 Å². The van der Waals surface area contributed by atoms with E-state index < -0.39 is 24.5 Å². The number of nitrogens with zero attached hydrogens (tertiary/aromatic N) is 2. The highest BCUT2D eigenvalue weighted by molar-refractivity contribution is 5.91. The van der Waals surface area contributed by atoms with Gasteiger partial charge in [-0.15, -0.1) is 0 Å². The van der Waals surface area contributed by atoms with Crippen molar-refractivity contribution in [2.24, 2.45) is 0 Å². The Labute approximate surface area is 128 Å². The van der Waals surface area contributed by atoms with Gasteiger partial charge in [0.1, 0.15) is 6.04 Å². The predicted molar refractivity (Wildman–Crippen MR) is 78.0 cm³/mol. The third kappa shape index (κ3) is 5.86. The second-order valence-electron chi connectivity index (χ2n) is 4.70. The molecule has 0 spiro atoms. The first-order valence-corrected chi connectivity index (χ1v) is 6.97. The van der Waals surface area contributed by atoms with E-state index in [1.807, 2.05) is 6.92 Å². The Morgan fingerprint density at radius 3 is 2.59 bits per heavy atom. The fourth-order valence-corrected chi connectivity index (χ4v) is 1.45. The number of rotatable bonds is 7. The quantitative estimate of drug-likeness (QED) is 0.685. The molecule has 120 valence electrons. The van der Waals surface area contributed by atoms with Crippen LogP contribution in [0.1, 0.15) is 36.5 Å². The Bertz CT molecular complexity index is 530. The lowest BCUT2D eigenvalue weighted by Crippen LogP contribution is -2.46. The van der Waals surface area contributed by atoms with E-state index in [1.54, 1.807) is 13.8 Å². The van der Waals surface area contributed by atoms with Gasteiger partial charge in [-0.25, -0.2) is 9.78 Å². The third-order valence-electron chi connectivity index (χ3n) is 2.64. The van der Waals surface area contributed by atoms with Crippen LogP contribution < -0.4 is 10.6 Å². The minimum absolute atomic E-state index is 0.0205. The lowest BCUT2D eigenvalue weighted by atomic mass is 10.3. The molecule has 1 aromatic heterocycles. The number of ether oxygens (including phenoxy) is 1. The van der Waals surface area contributed by atoms with Crippen molar-refractivity contribution in [3.8, 4) is 0 Å². The molecule has 8 heteroatoms. The zero-order chi connectivity index (χ0) is 16.5. The summed E-state index contributed by atoms with van der Waals surface area (Å²) >= 11 is 0. The van der Waals surface area contributed by atoms with Crippen molar-refractivity contribution < 1.29 is 19.1 Å². The largest absolute Gasteiger partial charge is 0.451 e. The van der Waals surface area contributed by atoms with Crippen LogP contribution in [0.25, 0.3) is 0 Å². The zero-order valence-corrected chi connectivity index (χ0v) is 12.9. The fourth-order valence-electron chi connectivity index (χ4n) is 1.45. The van der Waals surface area contributed by atoms with Crippen LogP contribution in [0.15, 0.2) is 12.4 Å². The molecule has 0 aliphatic rings. The number of esters is 1. The van der Waals surface area contributed by atoms with Gasteiger partial charge in [0, 0.05) is 12.7 Å². The van der Waals surface area contributed by atoms with Crippen molar-refractivity contribution in [2.45, 2.75) is 33.2 Å². The molecular formula is C14H20N4O4. The first-order chi connectivity index (χ1) is 10.4. The van der Waals surface area contributed by atoms with E-state index in [2.05, 4.69) is 20.6 Å². The summed E-state index contributed by atoms with van der Waals surface area (Å²) < 4.78 is 4.81. The van der Waals surface area contributed by atoms with Gasteiger partial charge in [-0.05, 0) is 20.3 Å². The maximum atomic E-state index is 11.6. The van der Waals surface area contributed by atoms with Crippen molar-refractivity contribution in [2.75, 3.05) is 13.2 Å². The van der Waals surface area contributed by atoms with Crippen molar-refractivity contribution in [1.29, 1.82) is 0 Å². The van der Waals surface area contributed by atoms with Gasteiger partial charge in [-0.1, -0.05) is 6.92 Å². The molecule has 22 heavy (non-hydrogen) atoms. The van der Waals surface area contributed by atoms with Gasteiger partial charge in [-0.2, -0.15) is 0 Å². The molecule has 0 aliphatic carbocycles. The van der Waals surface area contributed by atoms with Crippen molar-refractivity contribution >= 4 is 17.8 Å². The summed E-state index contributed by atoms with van der Waals surface area (Å²) in [7, 11) is 0. The number of carbonyl (C=O) groups is 3. The number of aromatic nitrogens is 2. The number of aryl methyl sites for hydroxylation is 1. The highest BCUT2D eigenvalue weighted by Gasteiger charge is 2.17. The maximum Gasteiger partial charge on any atom is 0.359 e. The van der Waals surface area contributed by atoms with E-state index >= 15 is 0 Å². The van der Waals surface area contributed by atoms with Gasteiger partial charge in [0.05, 0.1) is 11.9 Å². The molecule has 0 saturated carbocycles. The Morgan fingerprint density at radius 2 is 2.00 bits per heavy atom. The molecule has 1 heterocycles. The van der Waals surface area contributed by atoms with Gasteiger partial charge in [0.15, 0.2) is 12.3 Å². The summed E-state index contributed by atoms with van der Waals surface area (Å²) in [6.07, 6.45) is 3.51. The summed E-state index contributed by atoms with van der Waals surface area (Å²) in [6.45, 7) is 5.27. The monoisotopic (exact) mass is 308 g/mol. The maximum absolute atomic E-state index is 11.6. The number of nitrogens with one attached hydrogen (secondary N) is 2. The molecule has 1 aromatic rings. The molecule has 0 radical (unpaired) electrons. The van der Waals surface area contributed by atoms with Gasteiger partial charge in [0.25, 0.3) is 5.91 Å². The van der Waals surface area contributed by atoms with E-state index in [-0.39, 0.29) is 11.6 Å². The summed E-state index contributed by atoms with van der Waals surface area (Å²) in [4.78, 5) is 42.6. The van der Waals surface area contributed by atoms with Crippen molar-refractivity contribution in [1.82, 2.24) is 20.6 Å². The normalized spacial score (nSPS) is 11.4. The molecule has 0 saturated heterocycles. The van der Waals surface area contributed by atoms with Crippen LogP contribution in [0, 0.1) is 6.92 Å². The number of hydrogen-bond acceptors (Lipinski definition) is 6. The third-order valence-corrected chi connectivity index (χ3v) is 2.64. The van der Waals surface area contributed by atoms with Crippen LogP contribution in [-0.2, 0) is 14.3 Å². The lowest BCUT2D eigenvalue weighted by molar-refractivity contribution is -0.130. The Kier molecular flexibility index (Phi) is 6.94. The standard InChI is InChI=1S/C14H20N4O4/c1-4-5-15-13(20)10(3)18-12(19)8-22-14(21)11-7-16-9(2)6-17-11/h6-7,10H,4-5,8H2,1-3H3,(H,15,20)(H,18,19)/t10-/m0/s1. The molecular weight excluding hydrogens is 288 g/mol. The van der Waals surface area contributed by atoms with Crippen LogP contribution in [0.3, 0.4) is 0 Å². The molecule has 1 atom stereocenters. The summed E-state index contributed by atoms with van der Waals surface area (Å²) in [5.41, 5.74) is 0.688. The van der Waals surface area contributed by atoms with Gasteiger partial charge in [-0.3, -0.25) is 14.6 Å². The predicted octanol–water partition coefficient (Wildman–Crippen LogP) is -0.0273. The van der Waals surface area contributed by atoms with Crippen LogP contribution in [0.5, 0.6) is 0 Å². The Morgan fingerprint density at radius 1 is 1.27 bits per heavy atom. The second kappa shape index (κ2) is 8.71. The first kappa shape index (κ1) is 17.5. The molecule has 1 rings (SSSR count). The minimum atomic E-state index is -0.745. The van der Waals surface area contributed by atoms with Crippen molar-refractivity contribution in [3.63, 3.8) is 0 Å². The second-order valence-corrected chi connectivity index (χ2v) is 4.70. The molecule has 2 N–H and O–H groups in total. The number of carbonyl (C=O) groups excluding carboxylic acids is 3. The highest BCUT2D eigenvalue weighted by Crippen LogP contribution is 1.97. The molecule has 0 aromatic carbocycles. The lowest BCUT2D eigenvalue weighted by Gasteiger charge is -2.13. The molecule has 0 fully saturated rings.